The fraction of sp³-hybridized carbons (Fsp3) is 0.217. The van der Waals surface area contributed by atoms with E-state index in [9.17, 15) is 14.4 Å². The Labute approximate surface area is 184 Å². The fourth-order valence-corrected chi connectivity index (χ4v) is 3.06. The maximum atomic E-state index is 12.9. The zero-order valence-electron chi connectivity index (χ0n) is 17.9. The molecule has 32 heavy (non-hydrogen) atoms. The Kier molecular flexibility index (Phi) is 6.75. The summed E-state index contributed by atoms with van der Waals surface area (Å²) in [6.45, 7) is 4.83. The molecule has 0 spiro atoms. The quantitative estimate of drug-likeness (QED) is 0.446. The molecule has 0 amide bonds. The van der Waals surface area contributed by atoms with Crippen LogP contribution in [0.4, 0.5) is 11.4 Å². The van der Waals surface area contributed by atoms with E-state index >= 15 is 0 Å². The molecule has 9 nitrogen and oxygen atoms in total. The minimum Gasteiger partial charge on any atom is -0.456 e. The molecule has 2 heterocycles. The largest absolute Gasteiger partial charge is 0.456 e. The number of esters is 1. The average molecular weight is 431 g/mol. The molecule has 1 N–H and O–H groups in total. The van der Waals surface area contributed by atoms with Crippen LogP contribution in [-0.2, 0) is 17.9 Å². The van der Waals surface area contributed by atoms with Crippen molar-refractivity contribution >= 4 is 23.1 Å². The lowest BCUT2D eigenvalue weighted by Crippen LogP contribution is -2.31. The predicted octanol–water partition coefficient (Wildman–Crippen LogP) is 3.14. The molecule has 3 rings (SSSR count). The molecule has 9 heteroatoms. The Balaban J connectivity index is 2.03. The van der Waals surface area contributed by atoms with E-state index in [4.69, 9.17) is 10.00 Å². The normalized spacial score (nSPS) is 10.3. The summed E-state index contributed by atoms with van der Waals surface area (Å²) in [5, 5.41) is 16.1. The van der Waals surface area contributed by atoms with Gasteiger partial charge in [-0.25, -0.2) is 9.48 Å². The Morgan fingerprint density at radius 3 is 2.72 bits per heavy atom. The number of nitriles is 1. The average Bonchev–Trinajstić information content (AvgIpc) is 2.79. The molecule has 3 aromatic rings. The molecule has 162 valence electrons. The summed E-state index contributed by atoms with van der Waals surface area (Å²) in [6, 6.07) is 10.4. The van der Waals surface area contributed by atoms with Crippen LogP contribution in [0.2, 0.25) is 0 Å². The highest BCUT2D eigenvalue weighted by Gasteiger charge is 2.26. The van der Waals surface area contributed by atoms with Gasteiger partial charge in [0.2, 0.25) is 0 Å². The minimum atomic E-state index is -0.856. The van der Waals surface area contributed by atoms with Crippen LogP contribution in [0.3, 0.4) is 0 Å². The maximum Gasteiger partial charge on any atom is 0.359 e. The molecule has 0 aliphatic heterocycles. The molecule has 2 aromatic heterocycles. The number of ether oxygens (including phenoxy) is 1. The third-order valence-corrected chi connectivity index (χ3v) is 4.73. The van der Waals surface area contributed by atoms with Crippen molar-refractivity contribution in [3.8, 4) is 6.07 Å². The lowest BCUT2D eigenvalue weighted by atomic mass is 10.1. The van der Waals surface area contributed by atoms with Crippen LogP contribution in [0.25, 0.3) is 0 Å². The standard InChI is InChI=1S/C23H21N5O4/c1-4-28-22(30)20(26-18-12-25-9-8-14(18)2)19(15(3)29)21(27-28)23(31)32-13-17-7-5-6-16(10-17)11-24/h5-10,12,26H,4,13H2,1-3H3. The van der Waals surface area contributed by atoms with Crippen LogP contribution in [-0.4, -0.2) is 26.5 Å². The number of ketones is 1. The molecule has 0 fully saturated rings. The molecular weight excluding hydrogens is 410 g/mol. The van der Waals surface area contributed by atoms with Crippen molar-refractivity contribution < 1.29 is 14.3 Å². The fourth-order valence-electron chi connectivity index (χ4n) is 3.06. The minimum absolute atomic E-state index is 0.0659. The van der Waals surface area contributed by atoms with Gasteiger partial charge in [-0.05, 0) is 50.1 Å². The van der Waals surface area contributed by atoms with Crippen LogP contribution in [0.15, 0.2) is 47.5 Å². The van der Waals surface area contributed by atoms with Crippen molar-refractivity contribution in [2.24, 2.45) is 0 Å². The third-order valence-electron chi connectivity index (χ3n) is 4.73. The van der Waals surface area contributed by atoms with E-state index in [-0.39, 0.29) is 30.1 Å². The number of nitrogens with one attached hydrogen (secondary N) is 1. The van der Waals surface area contributed by atoms with Crippen molar-refractivity contribution in [3.05, 3.63) is 81.0 Å². The Bertz CT molecular complexity index is 1290. The molecule has 0 radical (unpaired) electrons. The Hall–Kier alpha value is -4.32. The van der Waals surface area contributed by atoms with Gasteiger partial charge in [-0.2, -0.15) is 10.4 Å². The van der Waals surface area contributed by atoms with Crippen LogP contribution in [0.1, 0.15) is 51.4 Å². The first-order chi connectivity index (χ1) is 15.3. The number of Topliss-reactive ketones (excluding diaryl/α,β-unsaturated/α-hetero) is 1. The topological polar surface area (TPSA) is 127 Å². The molecule has 0 aliphatic carbocycles. The highest BCUT2D eigenvalue weighted by Crippen LogP contribution is 2.23. The van der Waals surface area contributed by atoms with Gasteiger partial charge in [0.25, 0.3) is 5.56 Å². The lowest BCUT2D eigenvalue weighted by Gasteiger charge is -2.16. The molecule has 0 saturated carbocycles. The Morgan fingerprint density at radius 1 is 1.28 bits per heavy atom. The van der Waals surface area contributed by atoms with Gasteiger partial charge in [0.1, 0.15) is 12.3 Å². The number of hydrogen-bond donors (Lipinski definition) is 1. The van der Waals surface area contributed by atoms with Crippen molar-refractivity contribution in [2.45, 2.75) is 33.9 Å². The molecule has 1 aromatic carbocycles. The second-order valence-electron chi connectivity index (χ2n) is 6.98. The molecule has 0 bridgehead atoms. The van der Waals surface area contributed by atoms with Gasteiger partial charge < -0.3 is 10.1 Å². The van der Waals surface area contributed by atoms with Gasteiger partial charge in [0.15, 0.2) is 11.5 Å². The highest BCUT2D eigenvalue weighted by molar-refractivity contribution is 6.08. The van der Waals surface area contributed by atoms with Crippen molar-refractivity contribution in [1.29, 1.82) is 5.26 Å². The summed E-state index contributed by atoms with van der Waals surface area (Å²) >= 11 is 0. The van der Waals surface area contributed by atoms with E-state index < -0.39 is 17.3 Å². The number of benzene rings is 1. The van der Waals surface area contributed by atoms with E-state index in [2.05, 4.69) is 15.4 Å². The molecule has 0 saturated heterocycles. The third kappa shape index (κ3) is 4.70. The summed E-state index contributed by atoms with van der Waals surface area (Å²) in [4.78, 5) is 42.4. The number of aryl methyl sites for hydroxylation is 2. The van der Waals surface area contributed by atoms with Crippen LogP contribution < -0.4 is 10.9 Å². The van der Waals surface area contributed by atoms with E-state index in [1.54, 1.807) is 43.5 Å². The lowest BCUT2D eigenvalue weighted by molar-refractivity contribution is 0.0459. The molecule has 0 unspecified atom stereocenters. The van der Waals surface area contributed by atoms with Gasteiger partial charge in [0.05, 0.1) is 29.1 Å². The number of rotatable bonds is 7. The number of carbonyl (C=O) groups excluding carboxylic acids is 2. The van der Waals surface area contributed by atoms with E-state index in [1.807, 2.05) is 13.0 Å². The van der Waals surface area contributed by atoms with Gasteiger partial charge in [-0.15, -0.1) is 0 Å². The van der Waals surface area contributed by atoms with Gasteiger partial charge in [-0.3, -0.25) is 14.6 Å². The number of carbonyl (C=O) groups is 2. The molecule has 0 atom stereocenters. The first-order valence-corrected chi connectivity index (χ1v) is 9.85. The summed E-state index contributed by atoms with van der Waals surface area (Å²) < 4.78 is 6.44. The monoisotopic (exact) mass is 431 g/mol. The van der Waals surface area contributed by atoms with Crippen LogP contribution in [0.5, 0.6) is 0 Å². The van der Waals surface area contributed by atoms with Crippen molar-refractivity contribution in [2.75, 3.05) is 5.32 Å². The van der Waals surface area contributed by atoms with Gasteiger partial charge in [-0.1, -0.05) is 12.1 Å². The SMILES string of the molecule is CCn1nc(C(=O)OCc2cccc(C#N)c2)c(C(C)=O)c(Nc2cnccc2C)c1=O. The van der Waals surface area contributed by atoms with Gasteiger partial charge in [0, 0.05) is 12.7 Å². The van der Waals surface area contributed by atoms with Crippen molar-refractivity contribution in [3.63, 3.8) is 0 Å². The van der Waals surface area contributed by atoms with E-state index in [0.29, 0.717) is 16.8 Å². The first kappa shape index (κ1) is 22.4. The summed E-state index contributed by atoms with van der Waals surface area (Å²) in [7, 11) is 0. The highest BCUT2D eigenvalue weighted by atomic mass is 16.5. The number of hydrogen-bond acceptors (Lipinski definition) is 8. The second kappa shape index (κ2) is 9.66. The predicted molar refractivity (Wildman–Crippen MR) is 117 cm³/mol. The molecular formula is C23H21N5O4. The maximum absolute atomic E-state index is 12.9. The van der Waals surface area contributed by atoms with E-state index in [0.717, 1.165) is 10.2 Å². The number of anilines is 2. The van der Waals surface area contributed by atoms with Crippen molar-refractivity contribution in [1.82, 2.24) is 14.8 Å². The molecule has 0 aliphatic rings. The van der Waals surface area contributed by atoms with Crippen LogP contribution in [0, 0.1) is 18.3 Å². The first-order valence-electron chi connectivity index (χ1n) is 9.85. The zero-order valence-corrected chi connectivity index (χ0v) is 17.9. The second-order valence-corrected chi connectivity index (χ2v) is 6.98. The summed E-state index contributed by atoms with van der Waals surface area (Å²) in [5.41, 5.74) is 1.33. The smallest absolute Gasteiger partial charge is 0.359 e. The van der Waals surface area contributed by atoms with E-state index in [1.165, 1.54) is 13.1 Å². The summed E-state index contributed by atoms with van der Waals surface area (Å²) in [5.74, 6) is -1.37. The van der Waals surface area contributed by atoms with Crippen LogP contribution >= 0.6 is 0 Å². The number of pyridine rings is 1. The number of nitrogens with zero attached hydrogens (tertiary/aromatic N) is 4. The van der Waals surface area contributed by atoms with Gasteiger partial charge >= 0.3 is 5.97 Å². The Morgan fingerprint density at radius 2 is 2.06 bits per heavy atom. The summed E-state index contributed by atoms with van der Waals surface area (Å²) in [6.07, 6.45) is 3.13. The zero-order chi connectivity index (χ0) is 23.3. The number of aromatic nitrogens is 3.